The van der Waals surface area contributed by atoms with E-state index in [4.69, 9.17) is 23.9 Å². The van der Waals surface area contributed by atoms with Gasteiger partial charge in [-0.2, -0.15) is 0 Å². The molecular formula is C55H70N6O7. The van der Waals surface area contributed by atoms with Gasteiger partial charge in [-0.05, 0) is 113 Å². The fourth-order valence-electron chi connectivity index (χ4n) is 12.0. The molecule has 9 rings (SSSR count). The lowest BCUT2D eigenvalue weighted by molar-refractivity contribution is -0.135. The molecule has 2 saturated carbocycles. The first-order valence-electron chi connectivity index (χ1n) is 25.3. The number of para-hydroxylation sites is 2. The van der Waals surface area contributed by atoms with E-state index in [9.17, 15) is 14.4 Å². The van der Waals surface area contributed by atoms with E-state index in [1.165, 1.54) is 56.9 Å². The van der Waals surface area contributed by atoms with Crippen molar-refractivity contribution in [3.05, 3.63) is 102 Å². The van der Waals surface area contributed by atoms with Crippen LogP contribution in [0.15, 0.2) is 96.0 Å². The first-order valence-corrected chi connectivity index (χ1v) is 25.3. The highest BCUT2D eigenvalue weighted by Gasteiger charge is 2.66. The topological polar surface area (TPSA) is 125 Å². The fraction of sp³-hybridized carbons (Fsp3) is 0.527. The molecule has 2 saturated heterocycles. The zero-order chi connectivity index (χ0) is 47.0. The van der Waals surface area contributed by atoms with Crippen LogP contribution < -0.4 is 24.4 Å². The summed E-state index contributed by atoms with van der Waals surface area (Å²) >= 11 is 0. The van der Waals surface area contributed by atoms with Gasteiger partial charge < -0.3 is 23.8 Å². The molecule has 6 unspecified atom stereocenters. The Morgan fingerprint density at radius 2 is 1.68 bits per heavy atom. The minimum atomic E-state index is -0.413. The van der Waals surface area contributed by atoms with Gasteiger partial charge in [0, 0.05) is 56.6 Å². The van der Waals surface area contributed by atoms with Crippen LogP contribution >= 0.6 is 0 Å². The zero-order valence-electron chi connectivity index (χ0n) is 40.3. The van der Waals surface area contributed by atoms with E-state index in [-0.39, 0.29) is 30.6 Å². The minimum absolute atomic E-state index is 0.00621. The Morgan fingerprint density at radius 1 is 0.882 bits per heavy atom. The molecule has 4 fully saturated rings. The number of aryl methyl sites for hydroxylation is 2. The summed E-state index contributed by atoms with van der Waals surface area (Å²) in [5.74, 6) is 1.57. The van der Waals surface area contributed by atoms with E-state index >= 15 is 0 Å². The molecular weight excluding hydrogens is 857 g/mol. The van der Waals surface area contributed by atoms with Gasteiger partial charge in [-0.15, -0.1) is 0 Å². The van der Waals surface area contributed by atoms with Gasteiger partial charge in [-0.1, -0.05) is 80.7 Å². The van der Waals surface area contributed by atoms with Crippen molar-refractivity contribution in [1.82, 2.24) is 14.7 Å². The molecule has 3 aliphatic heterocycles. The summed E-state index contributed by atoms with van der Waals surface area (Å²) in [6.45, 7) is 8.69. The molecule has 3 aromatic carbocycles. The van der Waals surface area contributed by atoms with Crippen molar-refractivity contribution in [2.24, 2.45) is 16.3 Å². The number of nitrogens with zero attached hydrogens (tertiary/aromatic N) is 5. The van der Waals surface area contributed by atoms with Crippen LogP contribution in [-0.2, 0) is 20.7 Å². The van der Waals surface area contributed by atoms with Crippen molar-refractivity contribution in [2.75, 3.05) is 69.8 Å². The quantitative estimate of drug-likeness (QED) is 0.111. The maximum Gasteiger partial charge on any atom is 0.412 e. The van der Waals surface area contributed by atoms with Crippen LogP contribution in [-0.4, -0.2) is 122 Å². The SMILES string of the molecule is CCOc1ccccc1N1C(=O)C2C=CC=CC2=NC1CN1CCN(C(=O)COc2ccc(CCCCCCCCN3C4CCCC45CC(OC(=O)Nc4cc(C)ccc4OC)CC35)cc2)CC1. The average molecular weight is 927 g/mol. The fourth-order valence-corrected chi connectivity index (χ4v) is 12.0. The number of benzene rings is 3. The van der Waals surface area contributed by atoms with Gasteiger partial charge in [-0.3, -0.25) is 34.6 Å². The molecule has 13 nitrogen and oxygen atoms in total. The second-order valence-corrected chi connectivity index (χ2v) is 19.5. The largest absolute Gasteiger partial charge is 0.495 e. The van der Waals surface area contributed by atoms with Crippen molar-refractivity contribution in [3.63, 3.8) is 0 Å². The smallest absolute Gasteiger partial charge is 0.412 e. The number of carbonyl (C=O) groups is 3. The molecule has 0 aromatic heterocycles. The number of methoxy groups -OCH3 is 1. The molecule has 13 heteroatoms. The number of likely N-dealkylation sites (tertiary alicyclic amines) is 1. The summed E-state index contributed by atoms with van der Waals surface area (Å²) in [5, 5.41) is 2.93. The Balaban J connectivity index is 0.644. The van der Waals surface area contributed by atoms with Crippen LogP contribution in [0.5, 0.6) is 17.2 Å². The Bertz CT molecular complexity index is 2340. The molecule has 362 valence electrons. The number of piperazine rings is 1. The molecule has 6 aliphatic rings. The standard InChI is InChI=1S/C55H70N6O7/c1-4-66-48-20-13-12-19-46(48)61-51(56-44-18-11-10-17-43(44)53(61)63)37-58-30-32-59(33-31-58)52(62)38-67-41-25-23-40(24-26-41)16-9-7-5-6-8-14-29-60-49-21-15-28-55(49)36-42(35-50(55)60)68-54(64)57-45-34-39(2)22-27-47(45)65-3/h10-13,17-20,22-27,34,42-43,49-51H,4-9,14-16,21,28-33,35-38H2,1-3H3,(H,57,64). The third-order valence-electron chi connectivity index (χ3n) is 15.3. The van der Waals surface area contributed by atoms with E-state index < -0.39 is 12.1 Å². The average Bonchev–Trinajstić information content (AvgIpc) is 3.86. The van der Waals surface area contributed by atoms with Crippen molar-refractivity contribution in [3.8, 4) is 17.2 Å². The van der Waals surface area contributed by atoms with Crippen molar-refractivity contribution >= 4 is 35.0 Å². The molecule has 6 atom stereocenters. The lowest BCUT2D eigenvalue weighted by Gasteiger charge is -2.58. The number of unbranched alkanes of at least 4 members (excludes halogenated alkanes) is 5. The Morgan fingerprint density at radius 3 is 2.49 bits per heavy atom. The van der Waals surface area contributed by atoms with Crippen LogP contribution in [0, 0.1) is 18.3 Å². The third kappa shape index (κ3) is 10.5. The number of aliphatic imine (C=N–C) groups is 1. The van der Waals surface area contributed by atoms with Gasteiger partial charge in [0.05, 0.1) is 36.7 Å². The summed E-state index contributed by atoms with van der Waals surface area (Å²) in [5.41, 5.74) is 4.84. The predicted octanol–water partition coefficient (Wildman–Crippen LogP) is 9.00. The maximum atomic E-state index is 14.0. The number of anilines is 2. The number of allylic oxidation sites excluding steroid dienone is 3. The van der Waals surface area contributed by atoms with E-state index in [0.29, 0.717) is 79.8 Å². The molecule has 1 N–H and O–H groups in total. The lowest BCUT2D eigenvalue weighted by atomic mass is 9.68. The highest BCUT2D eigenvalue weighted by molar-refractivity contribution is 6.18. The summed E-state index contributed by atoms with van der Waals surface area (Å²) < 4.78 is 23.4. The Labute approximate surface area is 402 Å². The van der Waals surface area contributed by atoms with E-state index in [1.807, 2.05) is 97.6 Å². The highest BCUT2D eigenvalue weighted by Crippen LogP contribution is 2.63. The Hall–Kier alpha value is -5.66. The molecule has 1 spiro atoms. The van der Waals surface area contributed by atoms with Gasteiger partial charge in [0.2, 0.25) is 5.91 Å². The second kappa shape index (κ2) is 21.7. The number of nitrogens with one attached hydrogen (secondary N) is 1. The third-order valence-corrected chi connectivity index (χ3v) is 15.3. The van der Waals surface area contributed by atoms with Gasteiger partial charge >= 0.3 is 6.09 Å². The number of ether oxygens (including phenoxy) is 4. The van der Waals surface area contributed by atoms with Crippen molar-refractivity contribution < 1.29 is 33.3 Å². The summed E-state index contributed by atoms with van der Waals surface area (Å²) in [4.78, 5) is 53.9. The molecule has 3 amide bonds. The summed E-state index contributed by atoms with van der Waals surface area (Å²) in [6.07, 6.45) is 21.0. The Kier molecular flexibility index (Phi) is 15.2. The van der Waals surface area contributed by atoms with E-state index in [2.05, 4.69) is 27.2 Å². The number of fused-ring (bicyclic) bond motifs is 1. The molecule has 0 bridgehead atoms. The van der Waals surface area contributed by atoms with Crippen molar-refractivity contribution in [2.45, 2.75) is 115 Å². The zero-order valence-corrected chi connectivity index (χ0v) is 40.3. The first kappa shape index (κ1) is 47.4. The van der Waals surface area contributed by atoms with Crippen LogP contribution in [0.4, 0.5) is 16.2 Å². The van der Waals surface area contributed by atoms with Crippen molar-refractivity contribution in [1.29, 1.82) is 0 Å². The van der Waals surface area contributed by atoms with Gasteiger partial charge in [0.25, 0.3) is 5.91 Å². The molecule has 3 heterocycles. The first-order chi connectivity index (χ1) is 33.2. The highest BCUT2D eigenvalue weighted by atomic mass is 16.6. The maximum absolute atomic E-state index is 14.0. The lowest BCUT2D eigenvalue weighted by Crippen LogP contribution is -2.66. The van der Waals surface area contributed by atoms with E-state index in [0.717, 1.165) is 49.2 Å². The summed E-state index contributed by atoms with van der Waals surface area (Å²) in [7, 11) is 1.61. The van der Waals surface area contributed by atoms with Crippen LogP contribution in [0.2, 0.25) is 0 Å². The van der Waals surface area contributed by atoms with Gasteiger partial charge in [0.1, 0.15) is 29.5 Å². The number of hydrogen-bond donors (Lipinski definition) is 1. The minimum Gasteiger partial charge on any atom is -0.495 e. The number of hydrogen-bond acceptors (Lipinski definition) is 10. The number of carbonyl (C=O) groups excluding carboxylic acids is 3. The van der Waals surface area contributed by atoms with Gasteiger partial charge in [-0.25, -0.2) is 4.79 Å². The van der Waals surface area contributed by atoms with Crippen LogP contribution in [0.25, 0.3) is 0 Å². The molecule has 0 radical (unpaired) electrons. The second-order valence-electron chi connectivity index (χ2n) is 19.5. The normalized spacial score (nSPS) is 25.2. The predicted molar refractivity (Wildman–Crippen MR) is 266 cm³/mol. The van der Waals surface area contributed by atoms with Gasteiger partial charge in [0.15, 0.2) is 6.61 Å². The monoisotopic (exact) mass is 927 g/mol. The number of rotatable bonds is 20. The summed E-state index contributed by atoms with van der Waals surface area (Å²) in [6, 6.07) is 22.8. The molecule has 3 aromatic rings. The van der Waals surface area contributed by atoms with Crippen LogP contribution in [0.3, 0.4) is 0 Å². The molecule has 68 heavy (non-hydrogen) atoms. The molecule has 3 aliphatic carbocycles. The van der Waals surface area contributed by atoms with Crippen LogP contribution in [0.1, 0.15) is 88.7 Å². The number of amides is 3. The van der Waals surface area contributed by atoms with E-state index in [1.54, 1.807) is 12.0 Å².